The number of amides is 1. The van der Waals surface area contributed by atoms with Crippen molar-refractivity contribution < 1.29 is 4.79 Å². The molecular formula is C16H21N5OS. The molecule has 0 aromatic carbocycles. The van der Waals surface area contributed by atoms with Crippen LogP contribution in [0.3, 0.4) is 0 Å². The maximum atomic E-state index is 12.8. The van der Waals surface area contributed by atoms with E-state index in [0.717, 1.165) is 44.6 Å². The van der Waals surface area contributed by atoms with Gasteiger partial charge in [0, 0.05) is 18.0 Å². The van der Waals surface area contributed by atoms with E-state index in [4.69, 9.17) is 0 Å². The van der Waals surface area contributed by atoms with Gasteiger partial charge in [-0.25, -0.2) is 4.68 Å². The smallest absolute Gasteiger partial charge is 0.276 e. The SMILES string of the molecule is Cc1c(C(=O)N2CCc3sccc3C2)nnn1C1CCNCC1. The third-order valence-electron chi connectivity index (χ3n) is 4.88. The van der Waals surface area contributed by atoms with E-state index in [2.05, 4.69) is 27.1 Å². The standard InChI is InChI=1S/C16H21N5OS/c1-11-15(18-19-21(11)13-2-6-17-7-3-13)16(22)20-8-4-14-12(10-20)5-9-23-14/h5,9,13,17H,2-4,6-8,10H2,1H3. The van der Waals surface area contributed by atoms with Gasteiger partial charge in [-0.15, -0.1) is 16.4 Å². The van der Waals surface area contributed by atoms with Gasteiger partial charge in [-0.05, 0) is 56.3 Å². The van der Waals surface area contributed by atoms with Gasteiger partial charge in [0.05, 0.1) is 11.7 Å². The van der Waals surface area contributed by atoms with Gasteiger partial charge in [0.1, 0.15) is 0 Å². The van der Waals surface area contributed by atoms with E-state index >= 15 is 0 Å². The van der Waals surface area contributed by atoms with Crippen LogP contribution in [0.2, 0.25) is 0 Å². The Hall–Kier alpha value is -1.73. The molecule has 1 amide bonds. The first-order chi connectivity index (χ1) is 11.2. The molecule has 2 aliphatic rings. The van der Waals surface area contributed by atoms with Crippen molar-refractivity contribution in [3.8, 4) is 0 Å². The van der Waals surface area contributed by atoms with E-state index in [1.54, 1.807) is 11.3 Å². The number of nitrogens with one attached hydrogen (secondary N) is 1. The van der Waals surface area contributed by atoms with Crippen molar-refractivity contribution in [2.75, 3.05) is 19.6 Å². The van der Waals surface area contributed by atoms with E-state index in [-0.39, 0.29) is 5.91 Å². The monoisotopic (exact) mass is 331 g/mol. The molecule has 6 nitrogen and oxygen atoms in total. The summed E-state index contributed by atoms with van der Waals surface area (Å²) in [7, 11) is 0. The second-order valence-electron chi connectivity index (χ2n) is 6.29. The molecule has 4 rings (SSSR count). The maximum Gasteiger partial charge on any atom is 0.276 e. The van der Waals surface area contributed by atoms with Gasteiger partial charge in [0.15, 0.2) is 5.69 Å². The molecule has 0 spiro atoms. The summed E-state index contributed by atoms with van der Waals surface area (Å²) in [5.74, 6) is 0.0135. The highest BCUT2D eigenvalue weighted by Crippen LogP contribution is 2.26. The number of fused-ring (bicyclic) bond motifs is 1. The number of carbonyl (C=O) groups is 1. The van der Waals surface area contributed by atoms with Crippen LogP contribution in [0.1, 0.15) is 45.5 Å². The van der Waals surface area contributed by atoms with Crippen LogP contribution in [-0.2, 0) is 13.0 Å². The number of nitrogens with zero attached hydrogens (tertiary/aromatic N) is 4. The molecule has 0 aliphatic carbocycles. The van der Waals surface area contributed by atoms with Crippen LogP contribution in [0.15, 0.2) is 11.4 Å². The first kappa shape index (κ1) is 14.8. The van der Waals surface area contributed by atoms with Crippen molar-refractivity contribution in [3.63, 3.8) is 0 Å². The number of rotatable bonds is 2. The average Bonchev–Trinajstić information content (AvgIpc) is 3.20. The van der Waals surface area contributed by atoms with Crippen LogP contribution in [0.25, 0.3) is 0 Å². The molecule has 0 radical (unpaired) electrons. The van der Waals surface area contributed by atoms with Gasteiger partial charge in [-0.1, -0.05) is 5.21 Å². The molecule has 23 heavy (non-hydrogen) atoms. The van der Waals surface area contributed by atoms with Crippen molar-refractivity contribution in [1.29, 1.82) is 0 Å². The van der Waals surface area contributed by atoms with Crippen molar-refractivity contribution in [2.45, 2.75) is 38.8 Å². The summed E-state index contributed by atoms with van der Waals surface area (Å²) in [5.41, 5.74) is 2.69. The minimum absolute atomic E-state index is 0.0135. The highest BCUT2D eigenvalue weighted by atomic mass is 32.1. The second kappa shape index (κ2) is 6.05. The summed E-state index contributed by atoms with van der Waals surface area (Å²) in [6, 6.07) is 2.48. The first-order valence-corrected chi connectivity index (χ1v) is 9.09. The van der Waals surface area contributed by atoms with E-state index in [0.29, 0.717) is 18.3 Å². The lowest BCUT2D eigenvalue weighted by molar-refractivity contribution is 0.0729. The molecule has 0 atom stereocenters. The zero-order valence-electron chi connectivity index (χ0n) is 13.3. The molecule has 2 aliphatic heterocycles. The Kier molecular flexibility index (Phi) is 3.90. The minimum Gasteiger partial charge on any atom is -0.332 e. The van der Waals surface area contributed by atoms with Crippen molar-refractivity contribution in [3.05, 3.63) is 33.3 Å². The summed E-state index contributed by atoms with van der Waals surface area (Å²) < 4.78 is 1.95. The van der Waals surface area contributed by atoms with Crippen LogP contribution in [0, 0.1) is 6.92 Å². The average molecular weight is 331 g/mol. The number of hydrogen-bond donors (Lipinski definition) is 1. The third kappa shape index (κ3) is 2.68. The molecule has 2 aromatic heterocycles. The van der Waals surface area contributed by atoms with Crippen molar-refractivity contribution in [1.82, 2.24) is 25.2 Å². The Labute approximate surface area is 139 Å². The molecule has 0 saturated carbocycles. The van der Waals surface area contributed by atoms with E-state index in [1.165, 1.54) is 10.4 Å². The largest absolute Gasteiger partial charge is 0.332 e. The maximum absolute atomic E-state index is 12.8. The van der Waals surface area contributed by atoms with Crippen LogP contribution >= 0.6 is 11.3 Å². The lowest BCUT2D eigenvalue weighted by Gasteiger charge is -2.26. The zero-order chi connectivity index (χ0) is 15.8. The fourth-order valence-electron chi connectivity index (χ4n) is 3.51. The Morgan fingerprint density at radius 1 is 1.39 bits per heavy atom. The second-order valence-corrected chi connectivity index (χ2v) is 7.30. The highest BCUT2D eigenvalue weighted by molar-refractivity contribution is 7.10. The van der Waals surface area contributed by atoms with Gasteiger partial charge in [0.25, 0.3) is 5.91 Å². The van der Waals surface area contributed by atoms with Gasteiger partial charge in [-0.3, -0.25) is 4.79 Å². The fraction of sp³-hybridized carbons (Fsp3) is 0.562. The zero-order valence-corrected chi connectivity index (χ0v) is 14.1. The first-order valence-electron chi connectivity index (χ1n) is 8.21. The Morgan fingerprint density at radius 2 is 2.22 bits per heavy atom. The van der Waals surface area contributed by atoms with Gasteiger partial charge in [-0.2, -0.15) is 0 Å². The quantitative estimate of drug-likeness (QED) is 0.911. The summed E-state index contributed by atoms with van der Waals surface area (Å²) in [5, 5.41) is 14.0. The molecule has 122 valence electrons. The van der Waals surface area contributed by atoms with E-state index in [1.807, 2.05) is 16.5 Å². The number of aromatic nitrogens is 3. The number of hydrogen-bond acceptors (Lipinski definition) is 5. The summed E-state index contributed by atoms with van der Waals surface area (Å²) in [6.45, 7) is 5.43. The van der Waals surface area contributed by atoms with Crippen LogP contribution in [0.4, 0.5) is 0 Å². The van der Waals surface area contributed by atoms with E-state index < -0.39 is 0 Å². The normalized spacial score (nSPS) is 18.9. The van der Waals surface area contributed by atoms with Gasteiger partial charge < -0.3 is 10.2 Å². The lowest BCUT2D eigenvalue weighted by atomic mass is 10.1. The van der Waals surface area contributed by atoms with Crippen molar-refractivity contribution in [2.24, 2.45) is 0 Å². The van der Waals surface area contributed by atoms with Crippen molar-refractivity contribution >= 4 is 17.2 Å². The molecule has 2 aromatic rings. The van der Waals surface area contributed by atoms with Gasteiger partial charge >= 0.3 is 0 Å². The molecule has 1 N–H and O–H groups in total. The summed E-state index contributed by atoms with van der Waals surface area (Å²) in [6.07, 6.45) is 3.03. The fourth-order valence-corrected chi connectivity index (χ4v) is 4.40. The molecule has 1 fully saturated rings. The highest BCUT2D eigenvalue weighted by Gasteiger charge is 2.28. The van der Waals surface area contributed by atoms with Crippen LogP contribution < -0.4 is 5.32 Å². The summed E-state index contributed by atoms with van der Waals surface area (Å²) in [4.78, 5) is 16.2. The Morgan fingerprint density at radius 3 is 3.04 bits per heavy atom. The topological polar surface area (TPSA) is 63.1 Å². The predicted molar refractivity (Wildman–Crippen MR) is 88.7 cm³/mol. The Bertz CT molecular complexity index is 716. The van der Waals surface area contributed by atoms with Crippen LogP contribution in [-0.4, -0.2) is 45.4 Å². The third-order valence-corrected chi connectivity index (χ3v) is 5.90. The molecule has 0 unspecified atom stereocenters. The predicted octanol–water partition coefficient (Wildman–Crippen LogP) is 1.77. The number of piperidine rings is 1. The summed E-state index contributed by atoms with van der Waals surface area (Å²) >= 11 is 1.79. The molecular weight excluding hydrogens is 310 g/mol. The number of carbonyl (C=O) groups excluding carboxylic acids is 1. The van der Waals surface area contributed by atoms with Crippen LogP contribution in [0.5, 0.6) is 0 Å². The molecule has 1 saturated heterocycles. The molecule has 7 heteroatoms. The van der Waals surface area contributed by atoms with E-state index in [9.17, 15) is 4.79 Å². The lowest BCUT2D eigenvalue weighted by Crippen LogP contribution is -2.36. The molecule has 4 heterocycles. The molecule has 0 bridgehead atoms. The Balaban J connectivity index is 1.54. The number of thiophene rings is 1. The minimum atomic E-state index is 0.0135. The van der Waals surface area contributed by atoms with Gasteiger partial charge in [0.2, 0.25) is 0 Å².